The number of aliphatic hydroxyl groups excluding tert-OH is 1. The van der Waals surface area contributed by atoms with E-state index in [9.17, 15) is 70.7 Å². The molecule has 2 aromatic carbocycles. The number of alkyl halides is 3. The number of carboxylic acids is 1. The quantitative estimate of drug-likeness (QED) is 0.0115. The van der Waals surface area contributed by atoms with E-state index in [2.05, 4.69) is 104 Å². The topological polar surface area (TPSA) is 525 Å². The predicted octanol–water partition coefficient (Wildman–Crippen LogP) is 9.65. The summed E-state index contributed by atoms with van der Waals surface area (Å²) in [4.78, 5) is 186. The number of aliphatic imine (C=N–C) groups is 1. The smallest absolute Gasteiger partial charge is 1.00 e. The summed E-state index contributed by atoms with van der Waals surface area (Å²) in [6.45, 7) is 18.6. The van der Waals surface area contributed by atoms with Crippen molar-refractivity contribution in [3.05, 3.63) is 166 Å². The zero-order valence-electron chi connectivity index (χ0n) is 88.6. The van der Waals surface area contributed by atoms with Gasteiger partial charge in [0, 0.05) is 235 Å². The van der Waals surface area contributed by atoms with Crippen LogP contribution in [0.5, 0.6) is 0 Å². The molecule has 7 fully saturated rings. The number of amides is 12. The molecule has 18 rings (SSSR count). The third-order valence-electron chi connectivity index (χ3n) is 23.1. The number of benzene rings is 2. The first-order chi connectivity index (χ1) is 69.3. The predicted molar refractivity (Wildman–Crippen MR) is 556 cm³/mol. The van der Waals surface area contributed by atoms with Crippen LogP contribution in [0.1, 0.15) is 250 Å². The van der Waals surface area contributed by atoms with Gasteiger partial charge in [-0.15, -0.1) is 0 Å². The summed E-state index contributed by atoms with van der Waals surface area (Å²) < 4.78 is 76.2. The first-order valence-corrected chi connectivity index (χ1v) is 48.6. The molecule has 2 aliphatic carbocycles. The van der Waals surface area contributed by atoms with Gasteiger partial charge in [-0.05, 0) is 203 Å². The number of carbonyl (C=O) groups excluding carboxylic acids is 12. The maximum atomic E-state index is 13.4. The van der Waals surface area contributed by atoms with E-state index in [0.29, 0.717) is 110 Å². The second kappa shape index (κ2) is 63.0. The number of aromatic nitrogens is 12. The first kappa shape index (κ1) is 129. The summed E-state index contributed by atoms with van der Waals surface area (Å²) in [6, 6.07) is 10.1. The molecular formula is C99H147BF3IN24NaO20. The Bertz CT molecular complexity index is 5640. The maximum Gasteiger partial charge on any atom is 1.00 e. The Balaban J connectivity index is 0.000000589. The van der Waals surface area contributed by atoms with E-state index >= 15 is 0 Å². The van der Waals surface area contributed by atoms with Crippen molar-refractivity contribution in [1.29, 1.82) is 0 Å². The van der Waals surface area contributed by atoms with Crippen molar-refractivity contribution < 1.29 is 142 Å². The molecule has 2 spiro atoms. The second-order valence-corrected chi connectivity index (χ2v) is 36.9. The van der Waals surface area contributed by atoms with Crippen LogP contribution >= 0.6 is 22.6 Å². The minimum absolute atomic E-state index is 0. The number of ketones is 1. The van der Waals surface area contributed by atoms with Gasteiger partial charge in [-0.2, -0.15) is 13.2 Å². The summed E-state index contributed by atoms with van der Waals surface area (Å²) in [5.74, 6) is 1.64. The van der Waals surface area contributed by atoms with Crippen molar-refractivity contribution in [3.63, 3.8) is 0 Å². The number of likely N-dealkylation sites (tertiary alicyclic amines) is 2. The molecule has 7 saturated heterocycles. The second-order valence-electron chi connectivity index (χ2n) is 36.0. The molecule has 12 amide bonds. The molecule has 50 heteroatoms. The van der Waals surface area contributed by atoms with Gasteiger partial charge in [-0.25, -0.2) is 73.4 Å². The Morgan fingerprint density at radius 3 is 1.44 bits per heavy atom. The van der Waals surface area contributed by atoms with Crippen molar-refractivity contribution >= 4 is 126 Å². The van der Waals surface area contributed by atoms with E-state index in [4.69, 9.17) is 40.1 Å². The summed E-state index contributed by atoms with van der Waals surface area (Å²) in [7, 11) is 15.7. The van der Waals surface area contributed by atoms with Gasteiger partial charge in [-0.1, -0.05) is 40.8 Å². The number of Topliss-reactive ketones (excluding diaryl/α,β-unsaturated/α-hetero) is 1. The molecular weight excluding hydrogens is 2060 g/mol. The zero-order chi connectivity index (χ0) is 108. The van der Waals surface area contributed by atoms with Crippen LogP contribution < -0.4 is 66.8 Å². The Morgan fingerprint density at radius 1 is 0.604 bits per heavy atom. The number of ether oxygens (including phenoxy) is 5. The summed E-state index contributed by atoms with van der Waals surface area (Å²) in [6.07, 6.45) is 28.6. The van der Waals surface area contributed by atoms with Crippen LogP contribution in [0.4, 0.5) is 53.3 Å². The Labute approximate surface area is 908 Å². The number of anilines is 2. The number of carboxylic acid groups (broad SMARTS) is 1. The zero-order valence-corrected chi connectivity index (χ0v) is 90.8. The molecule has 3 unspecified atom stereocenters. The van der Waals surface area contributed by atoms with Crippen LogP contribution in [0.15, 0.2) is 116 Å². The third kappa shape index (κ3) is 38.9. The number of aliphatic hydroxyl groups is 1. The molecule has 8 aromatic rings. The van der Waals surface area contributed by atoms with Crippen molar-refractivity contribution in [2.75, 3.05) is 97.4 Å². The van der Waals surface area contributed by atoms with Gasteiger partial charge in [0.25, 0.3) is 11.8 Å². The number of aliphatic carboxylic acids is 1. The van der Waals surface area contributed by atoms with Crippen LogP contribution in [0.3, 0.4) is 0 Å². The van der Waals surface area contributed by atoms with Crippen LogP contribution in [-0.4, -0.2) is 284 Å². The molecule has 44 nitrogen and oxygen atoms in total. The number of fused-ring (bicyclic) bond motifs is 4. The molecule has 3 radical (unpaired) electrons. The summed E-state index contributed by atoms with van der Waals surface area (Å²) in [5.41, 5.74) is 1.06. The number of urea groups is 2. The Kier molecular flexibility index (Phi) is 54.5. The number of rotatable bonds is 15. The van der Waals surface area contributed by atoms with E-state index in [1.54, 1.807) is 126 Å². The van der Waals surface area contributed by atoms with Gasteiger partial charge in [0.1, 0.15) is 41.8 Å². The molecule has 0 saturated carbocycles. The van der Waals surface area contributed by atoms with Gasteiger partial charge >= 0.3 is 78.1 Å². The Morgan fingerprint density at radius 2 is 1.07 bits per heavy atom. The number of hydrogen-bond acceptors (Lipinski definition) is 28. The fourth-order valence-corrected chi connectivity index (χ4v) is 16.7. The van der Waals surface area contributed by atoms with Gasteiger partial charge in [0.15, 0.2) is 21.3 Å². The number of carbonyl (C=O) groups is 13. The molecule has 14 heterocycles. The van der Waals surface area contributed by atoms with Gasteiger partial charge < -0.3 is 105 Å². The van der Waals surface area contributed by atoms with Crippen LogP contribution in [0, 0.1) is 3.83 Å². The largest absolute Gasteiger partial charge is 1.00 e. The molecule has 815 valence electrons. The van der Waals surface area contributed by atoms with E-state index in [-0.39, 0.29) is 103 Å². The molecule has 8 aliphatic heterocycles. The van der Waals surface area contributed by atoms with Crippen LogP contribution in [-0.2, 0) is 119 Å². The standard InChI is InChI=1S/C23H26N6O5.C15H15N3O6.C13H21N3O3.C9H15NO3.2C8H13N3.C8H11N3.C4H5IN2.C4H8O.C2HF3O.C2H6.CH4O.2CH4.B.Na.H/c1-24-21(32)26-15-5-6-16-14(12-15)7-8-23(16)20(31)29(22(33)34-23)13-18(30)28-10-3-4-17(28)19-25-9-11-27(19)2;1-16-13(22)17-9-2-3-10-8(6-9)4-5-15(10)12(21)18(7-11(19)20)14(23)24-15;1-13(2,3)19-12(18)15-7-5-6-10(17)11-14-8-9-16(11)4;1-9(2,3)13-8(12)10-6-4-5-7(10)11;3*1-11-6-5-10-8(11)7-3-2-4-9-7;1-7-3-2-6-4(7)5;1-2-4-5-3-1;3-2(4,5)1-6;2*1-2;;;;;/h5-6,9,11-12,17H,3-4,7-8,10,13H2,1-2H3,(H2,24,26,32);2-3,6H,4-5,7H2,1H3,(H,19,20)(H2,16,17,22);8-9H,5-7H2,1-4H3,(H,15,18);4-6H2,1-3H3;2*5-7,9H,2-4H2,1H3;5-6H,2-4H2,1H3;2-3H,1H3;1-4H2;1H;1-2H3;2H,1H3;2*1H4;;;/q;;;;;;;;;;;;;;;+1;-1/t17?,23-;15-;;;;;;;;;;;;;;;/m11.............../s1/i;;;;;;;;;;1D;;;;;;. The van der Waals surface area contributed by atoms with Crippen LogP contribution in [0.25, 0.3) is 0 Å². The van der Waals surface area contributed by atoms with Gasteiger partial charge in [0.2, 0.25) is 29.3 Å². The Hall–Kier alpha value is -12.3. The number of imidazole rings is 6. The number of aryl methyl sites for hydroxylation is 8. The molecule has 9 N–H and O–H groups in total. The van der Waals surface area contributed by atoms with Crippen molar-refractivity contribution in [2.24, 2.45) is 47.3 Å². The van der Waals surface area contributed by atoms with Gasteiger partial charge in [-0.3, -0.25) is 38.6 Å². The molecule has 6 aromatic heterocycles. The SMILES string of the molecule is C.C.C1CCOC1.CC(C)(C)OC(=O)N1CCCC1=O.CNC(=O)Nc1ccc2c(c1)CC[C@@]21OC(=O)N(CC(=O)N2CCCC2c2nccn2C)C1=O.CNC(=O)Nc1ccc2c(c1)CC[C@@]21OC(=O)N(CC(=O)O)C1=O.CO.Cn1ccnc1C(=O)CCCNC(=O)OC(C)(C)C.Cn1ccnc1C1=NCCC1.Cn1ccnc1C1CCCN1.Cn1ccnc1C1CCCN1.Cn1ccnc1I.O=CC(F)(F)F.[2H]CC.[B].[H-].[Na+]. The number of aldehydes is 1. The molecule has 10 aliphatic rings. The third-order valence-corrected chi connectivity index (χ3v) is 24.2. The van der Waals surface area contributed by atoms with E-state index in [1.807, 2.05) is 98.5 Å². The first-order valence-electron chi connectivity index (χ1n) is 48.3. The number of imide groups is 3. The summed E-state index contributed by atoms with van der Waals surface area (Å²) in [5, 5.41) is 35.5. The average molecular weight is 2210 g/mol. The van der Waals surface area contributed by atoms with E-state index in [0.717, 1.165) is 103 Å². The van der Waals surface area contributed by atoms with Crippen LogP contribution in [0.2, 0.25) is 0 Å². The number of hydrogen-bond donors (Lipinski definition) is 9. The minimum Gasteiger partial charge on any atom is -1.00 e. The summed E-state index contributed by atoms with van der Waals surface area (Å²) >= 11 is 2.17. The molecule has 0 bridgehead atoms. The molecule has 149 heavy (non-hydrogen) atoms. The van der Waals surface area contributed by atoms with E-state index < -0.39 is 83.6 Å². The average Bonchev–Trinajstić information content (AvgIpc) is 1.57. The number of nitrogens with one attached hydrogen (secondary N) is 7. The fourth-order valence-electron chi connectivity index (χ4n) is 16.4. The number of nitrogens with zero attached hydrogens (tertiary/aromatic N) is 17. The van der Waals surface area contributed by atoms with Crippen molar-refractivity contribution in [3.8, 4) is 0 Å². The van der Waals surface area contributed by atoms with Crippen molar-refractivity contribution in [1.82, 2.24) is 103 Å². The normalized spacial score (nSPS) is 18.5. The monoisotopic (exact) mass is 2210 g/mol. The van der Waals surface area contributed by atoms with Gasteiger partial charge in [0.05, 0.1) is 23.8 Å². The van der Waals surface area contributed by atoms with Crippen molar-refractivity contribution in [2.45, 2.75) is 233 Å². The minimum atomic E-state index is -4.64. The molecule has 5 atom stereocenters. The number of halogens is 4. The van der Waals surface area contributed by atoms with E-state index in [1.165, 1.54) is 75.6 Å². The maximum absolute atomic E-state index is 13.4. The number of alkyl carbamates (subject to hydrolysis) is 1. The fraction of sp³-hybridized carbons (Fsp3) is 0.556.